The molecule has 0 spiro atoms. The number of likely N-dealkylation sites (tertiary alicyclic amines) is 1. The van der Waals surface area contributed by atoms with Gasteiger partial charge in [-0.05, 0) is 37.1 Å². The minimum Gasteiger partial charge on any atom is -0.508 e. The standard InChI is InChI=1S/C14H19N3O3/c1-14(13(15)16-20)6-8-17(9-7-14)12(19)10-2-4-11(18)5-3-10/h2-5,18,20H,6-9H2,1H3,(H2,15,16). The van der Waals surface area contributed by atoms with E-state index in [1.165, 1.54) is 12.1 Å². The van der Waals surface area contributed by atoms with Crippen molar-refractivity contribution < 1.29 is 15.1 Å². The highest BCUT2D eigenvalue weighted by Crippen LogP contribution is 2.31. The molecule has 1 aromatic rings. The van der Waals surface area contributed by atoms with Crippen LogP contribution in [0.1, 0.15) is 30.1 Å². The van der Waals surface area contributed by atoms with E-state index >= 15 is 0 Å². The molecule has 0 bridgehead atoms. The van der Waals surface area contributed by atoms with Gasteiger partial charge >= 0.3 is 0 Å². The molecule has 1 saturated heterocycles. The van der Waals surface area contributed by atoms with Crippen molar-refractivity contribution >= 4 is 11.7 Å². The molecule has 0 radical (unpaired) electrons. The summed E-state index contributed by atoms with van der Waals surface area (Å²) in [6.07, 6.45) is 1.32. The molecule has 1 amide bonds. The highest BCUT2D eigenvalue weighted by Gasteiger charge is 2.35. The number of oxime groups is 1. The van der Waals surface area contributed by atoms with Crippen LogP contribution >= 0.6 is 0 Å². The molecule has 6 heteroatoms. The molecule has 1 fully saturated rings. The van der Waals surface area contributed by atoms with Gasteiger partial charge < -0.3 is 20.9 Å². The van der Waals surface area contributed by atoms with Gasteiger partial charge in [-0.25, -0.2) is 0 Å². The molecule has 1 aromatic carbocycles. The zero-order valence-corrected chi connectivity index (χ0v) is 11.4. The molecule has 0 aromatic heterocycles. The number of carbonyl (C=O) groups is 1. The molecule has 1 aliphatic rings. The predicted molar refractivity (Wildman–Crippen MR) is 74.8 cm³/mol. The minimum absolute atomic E-state index is 0.0634. The van der Waals surface area contributed by atoms with Gasteiger partial charge in [0.15, 0.2) is 0 Å². The van der Waals surface area contributed by atoms with Gasteiger partial charge in [-0.15, -0.1) is 0 Å². The lowest BCUT2D eigenvalue weighted by Gasteiger charge is -2.38. The van der Waals surface area contributed by atoms with Gasteiger partial charge in [-0.3, -0.25) is 4.79 Å². The van der Waals surface area contributed by atoms with Gasteiger partial charge in [-0.2, -0.15) is 0 Å². The molecule has 1 aliphatic heterocycles. The topological polar surface area (TPSA) is 99.2 Å². The number of nitrogens with two attached hydrogens (primary N) is 1. The van der Waals surface area contributed by atoms with Gasteiger partial charge in [0.1, 0.15) is 11.6 Å². The Morgan fingerprint density at radius 1 is 1.30 bits per heavy atom. The fourth-order valence-corrected chi connectivity index (χ4v) is 2.37. The van der Waals surface area contributed by atoms with Crippen LogP contribution in [0.2, 0.25) is 0 Å². The summed E-state index contributed by atoms with van der Waals surface area (Å²) in [7, 11) is 0. The van der Waals surface area contributed by atoms with Crippen LogP contribution in [0.5, 0.6) is 5.75 Å². The fraction of sp³-hybridized carbons (Fsp3) is 0.429. The van der Waals surface area contributed by atoms with Crippen molar-refractivity contribution in [2.45, 2.75) is 19.8 Å². The van der Waals surface area contributed by atoms with E-state index in [0.717, 1.165) is 0 Å². The lowest BCUT2D eigenvalue weighted by molar-refractivity contribution is 0.0666. The number of nitrogens with zero attached hydrogens (tertiary/aromatic N) is 2. The van der Waals surface area contributed by atoms with Crippen molar-refractivity contribution in [2.75, 3.05) is 13.1 Å². The average Bonchev–Trinajstić information content (AvgIpc) is 2.47. The van der Waals surface area contributed by atoms with E-state index in [-0.39, 0.29) is 22.9 Å². The Hall–Kier alpha value is -2.24. The SMILES string of the molecule is CC1(/C(N)=N/O)CCN(C(=O)c2ccc(O)cc2)CC1. The largest absolute Gasteiger partial charge is 0.508 e. The lowest BCUT2D eigenvalue weighted by atomic mass is 9.79. The molecule has 0 atom stereocenters. The first-order valence-corrected chi connectivity index (χ1v) is 6.52. The molecule has 6 nitrogen and oxygen atoms in total. The summed E-state index contributed by atoms with van der Waals surface area (Å²) < 4.78 is 0. The van der Waals surface area contributed by atoms with Crippen molar-refractivity contribution in [2.24, 2.45) is 16.3 Å². The summed E-state index contributed by atoms with van der Waals surface area (Å²) in [4.78, 5) is 14.0. The number of benzene rings is 1. The second-order valence-electron chi connectivity index (χ2n) is 5.38. The number of amides is 1. The monoisotopic (exact) mass is 277 g/mol. The average molecular weight is 277 g/mol. The van der Waals surface area contributed by atoms with Crippen molar-refractivity contribution in [1.82, 2.24) is 4.90 Å². The number of rotatable bonds is 2. The highest BCUT2D eigenvalue weighted by molar-refractivity contribution is 5.94. The first-order chi connectivity index (χ1) is 9.46. The number of piperidine rings is 1. The lowest BCUT2D eigenvalue weighted by Crippen LogP contribution is -2.47. The molecule has 0 unspecified atom stereocenters. The van der Waals surface area contributed by atoms with Crippen LogP contribution in [0, 0.1) is 5.41 Å². The van der Waals surface area contributed by atoms with Gasteiger partial charge in [0.25, 0.3) is 5.91 Å². The van der Waals surface area contributed by atoms with Gasteiger partial charge in [0, 0.05) is 24.1 Å². The van der Waals surface area contributed by atoms with Crippen LogP contribution in [-0.2, 0) is 0 Å². The number of phenols is 1. The summed E-state index contributed by atoms with van der Waals surface area (Å²) >= 11 is 0. The van der Waals surface area contributed by atoms with E-state index in [9.17, 15) is 9.90 Å². The molecule has 0 saturated carbocycles. The maximum absolute atomic E-state index is 12.3. The Bertz CT molecular complexity index is 517. The smallest absolute Gasteiger partial charge is 0.253 e. The van der Waals surface area contributed by atoms with Crippen LogP contribution in [0.25, 0.3) is 0 Å². The number of hydrogen-bond donors (Lipinski definition) is 3. The second kappa shape index (κ2) is 5.40. The van der Waals surface area contributed by atoms with Crippen molar-refractivity contribution in [3.8, 4) is 5.75 Å². The summed E-state index contributed by atoms with van der Waals surface area (Å²) in [5.41, 5.74) is 5.89. The van der Waals surface area contributed by atoms with E-state index in [1.54, 1.807) is 17.0 Å². The normalized spacial score (nSPS) is 18.9. The number of hydrogen-bond acceptors (Lipinski definition) is 4. The zero-order chi connectivity index (χ0) is 14.8. The minimum atomic E-state index is -0.361. The Kier molecular flexibility index (Phi) is 3.83. The highest BCUT2D eigenvalue weighted by atomic mass is 16.4. The molecule has 4 N–H and O–H groups in total. The Morgan fingerprint density at radius 3 is 2.35 bits per heavy atom. The molecule has 0 aliphatic carbocycles. The number of aromatic hydroxyl groups is 1. The molecule has 2 rings (SSSR count). The van der Waals surface area contributed by atoms with E-state index < -0.39 is 0 Å². The van der Waals surface area contributed by atoms with E-state index in [4.69, 9.17) is 10.9 Å². The first-order valence-electron chi connectivity index (χ1n) is 6.52. The molecule has 20 heavy (non-hydrogen) atoms. The van der Waals surface area contributed by atoms with Crippen LogP contribution in [0.3, 0.4) is 0 Å². The summed E-state index contributed by atoms with van der Waals surface area (Å²) in [6.45, 7) is 3.06. The first kappa shape index (κ1) is 14.2. The maximum Gasteiger partial charge on any atom is 0.253 e. The van der Waals surface area contributed by atoms with E-state index in [2.05, 4.69) is 5.16 Å². The fourth-order valence-electron chi connectivity index (χ4n) is 2.37. The summed E-state index contributed by atoms with van der Waals surface area (Å²) in [5, 5.41) is 21.1. The van der Waals surface area contributed by atoms with Crippen molar-refractivity contribution in [3.05, 3.63) is 29.8 Å². The number of carbonyl (C=O) groups excluding carboxylic acids is 1. The molecular formula is C14H19N3O3. The van der Waals surface area contributed by atoms with Crippen molar-refractivity contribution in [3.63, 3.8) is 0 Å². The van der Waals surface area contributed by atoms with Gasteiger partial charge in [0.05, 0.1) is 0 Å². The number of phenolic OH excluding ortho intramolecular Hbond substituents is 1. The summed E-state index contributed by atoms with van der Waals surface area (Å²) in [6, 6.07) is 6.21. The van der Waals surface area contributed by atoms with Crippen LogP contribution in [-0.4, -0.2) is 40.0 Å². The van der Waals surface area contributed by atoms with Crippen LogP contribution < -0.4 is 5.73 Å². The predicted octanol–water partition coefficient (Wildman–Crippen LogP) is 1.38. The summed E-state index contributed by atoms with van der Waals surface area (Å²) in [5.74, 6) is 0.292. The third-order valence-electron chi connectivity index (χ3n) is 3.99. The maximum atomic E-state index is 12.3. The molecular weight excluding hydrogens is 258 g/mol. The van der Waals surface area contributed by atoms with Gasteiger partial charge in [0.2, 0.25) is 0 Å². The third-order valence-corrected chi connectivity index (χ3v) is 3.99. The third kappa shape index (κ3) is 2.68. The number of amidine groups is 1. The molecule has 108 valence electrons. The van der Waals surface area contributed by atoms with E-state index in [0.29, 0.717) is 31.5 Å². The zero-order valence-electron chi connectivity index (χ0n) is 11.4. The van der Waals surface area contributed by atoms with Crippen LogP contribution in [0.4, 0.5) is 0 Å². The van der Waals surface area contributed by atoms with Gasteiger partial charge in [-0.1, -0.05) is 12.1 Å². The second-order valence-corrected chi connectivity index (χ2v) is 5.38. The molecule has 1 heterocycles. The van der Waals surface area contributed by atoms with E-state index in [1.807, 2.05) is 6.92 Å². The Morgan fingerprint density at radius 2 is 1.85 bits per heavy atom. The quantitative estimate of drug-likeness (QED) is 0.329. The Balaban J connectivity index is 2.04. The Labute approximate surface area is 117 Å². The van der Waals surface area contributed by atoms with Crippen molar-refractivity contribution in [1.29, 1.82) is 0 Å². The van der Waals surface area contributed by atoms with Crippen LogP contribution in [0.15, 0.2) is 29.4 Å².